The molecule has 0 saturated carbocycles. The number of rotatable bonds is 4. The Labute approximate surface area is 140 Å². The molecule has 0 atom stereocenters. The highest BCUT2D eigenvalue weighted by Crippen LogP contribution is 2.13. The van der Waals surface area contributed by atoms with Crippen molar-refractivity contribution >= 4 is 0 Å². The minimum Gasteiger partial charge on any atom is -0.497 e. The van der Waals surface area contributed by atoms with Crippen LogP contribution in [0.2, 0.25) is 0 Å². The van der Waals surface area contributed by atoms with Crippen LogP contribution in [-0.4, -0.2) is 12.1 Å². The van der Waals surface area contributed by atoms with E-state index in [-0.39, 0.29) is 11.4 Å². The van der Waals surface area contributed by atoms with Crippen molar-refractivity contribution in [2.75, 3.05) is 7.11 Å². The number of aromatic amines is 1. The average Bonchev–Trinajstić information content (AvgIpc) is 2.63. The number of aromatic nitrogens is 1. The summed E-state index contributed by atoms with van der Waals surface area (Å²) < 4.78 is 17.8. The van der Waals surface area contributed by atoms with Crippen molar-refractivity contribution in [3.63, 3.8) is 0 Å². The first kappa shape index (κ1) is 17.5. The van der Waals surface area contributed by atoms with E-state index in [1.54, 1.807) is 25.4 Å². The molecular weight excluding hydrogens is 305 g/mol. The summed E-state index contributed by atoms with van der Waals surface area (Å²) in [5, 5.41) is 0. The Morgan fingerprint density at radius 3 is 1.88 bits per heavy atom. The van der Waals surface area contributed by atoms with E-state index >= 15 is 0 Å². The highest BCUT2D eigenvalue weighted by molar-refractivity contribution is 5.28. The molecule has 0 fully saturated rings. The van der Waals surface area contributed by atoms with Gasteiger partial charge in [0.15, 0.2) is 0 Å². The average molecular weight is 325 g/mol. The molecule has 0 saturated heterocycles. The third-order valence-corrected chi connectivity index (χ3v) is 3.46. The van der Waals surface area contributed by atoms with Gasteiger partial charge >= 0.3 is 0 Å². The van der Waals surface area contributed by atoms with Gasteiger partial charge in [0.25, 0.3) is 0 Å². The van der Waals surface area contributed by atoms with Crippen LogP contribution in [0.3, 0.4) is 0 Å². The van der Waals surface area contributed by atoms with Gasteiger partial charge in [0, 0.05) is 12.3 Å². The van der Waals surface area contributed by atoms with Crippen LogP contribution in [0.4, 0.5) is 4.39 Å². The maximum atomic E-state index is 12.7. The Morgan fingerprint density at radius 1 is 0.875 bits per heavy atom. The number of methoxy groups -OCH3 is 1. The maximum Gasteiger partial charge on any atom is 0.247 e. The van der Waals surface area contributed by atoms with E-state index in [0.29, 0.717) is 0 Å². The van der Waals surface area contributed by atoms with Crippen molar-refractivity contribution in [1.82, 2.24) is 4.98 Å². The molecule has 1 heterocycles. The van der Waals surface area contributed by atoms with Crippen molar-refractivity contribution < 1.29 is 9.13 Å². The Balaban J connectivity index is 0.000000249. The number of aryl methyl sites for hydroxylation is 2. The number of H-pyrrole nitrogens is 1. The lowest BCUT2D eigenvalue weighted by Crippen LogP contribution is -1.98. The number of hydrogen-bond acceptors (Lipinski definition) is 2. The quantitative estimate of drug-likeness (QED) is 0.788. The van der Waals surface area contributed by atoms with Gasteiger partial charge in [0.05, 0.1) is 7.11 Å². The molecule has 0 radical (unpaired) electrons. The fourth-order valence-electron chi connectivity index (χ4n) is 2.11. The first-order chi connectivity index (χ1) is 11.7. The Bertz CT molecular complexity index is 762. The standard InChI is InChI=1S/C15H15FO.C5H5NO/c1-17-15-10-6-13(7-11-15)3-2-12-4-8-14(16)9-5-12;7-5-3-1-2-4-6-5/h4-11H,2-3H2,1H3;1-4H,(H,6,7). The minimum atomic E-state index is -0.182. The molecule has 2 aromatic carbocycles. The van der Waals surface area contributed by atoms with E-state index in [1.807, 2.05) is 24.3 Å². The van der Waals surface area contributed by atoms with E-state index in [1.165, 1.54) is 23.8 Å². The normalized spacial score (nSPS) is 9.75. The molecule has 0 amide bonds. The third-order valence-electron chi connectivity index (χ3n) is 3.46. The summed E-state index contributed by atoms with van der Waals surface area (Å²) in [7, 11) is 1.66. The van der Waals surface area contributed by atoms with Crippen LogP contribution in [-0.2, 0) is 12.8 Å². The van der Waals surface area contributed by atoms with Crippen LogP contribution < -0.4 is 10.3 Å². The summed E-state index contributed by atoms with van der Waals surface area (Å²) >= 11 is 0. The maximum absolute atomic E-state index is 12.7. The fraction of sp³-hybridized carbons (Fsp3) is 0.150. The summed E-state index contributed by atoms with van der Waals surface area (Å²) in [4.78, 5) is 12.7. The second kappa shape index (κ2) is 9.30. The molecule has 0 aliphatic carbocycles. The summed E-state index contributed by atoms with van der Waals surface area (Å²) in [5.74, 6) is 0.689. The Morgan fingerprint density at radius 2 is 1.46 bits per heavy atom. The van der Waals surface area contributed by atoms with E-state index in [2.05, 4.69) is 17.1 Å². The lowest BCUT2D eigenvalue weighted by molar-refractivity contribution is 0.414. The Hall–Kier alpha value is -2.88. The second-order valence-electron chi connectivity index (χ2n) is 5.20. The van der Waals surface area contributed by atoms with Gasteiger partial charge in [0.2, 0.25) is 5.56 Å². The molecule has 4 heteroatoms. The summed E-state index contributed by atoms with van der Waals surface area (Å²) in [6.45, 7) is 0. The van der Waals surface area contributed by atoms with Gasteiger partial charge < -0.3 is 9.72 Å². The number of benzene rings is 2. The molecular formula is C20H20FNO2. The molecule has 0 aliphatic rings. The first-order valence-corrected chi connectivity index (χ1v) is 7.68. The molecule has 0 spiro atoms. The zero-order valence-electron chi connectivity index (χ0n) is 13.5. The van der Waals surface area contributed by atoms with E-state index in [4.69, 9.17) is 4.74 Å². The van der Waals surface area contributed by atoms with Gasteiger partial charge in [-0.1, -0.05) is 30.3 Å². The van der Waals surface area contributed by atoms with Crippen LogP contribution in [0.25, 0.3) is 0 Å². The first-order valence-electron chi connectivity index (χ1n) is 7.68. The zero-order chi connectivity index (χ0) is 17.2. The van der Waals surface area contributed by atoms with Crippen molar-refractivity contribution in [2.45, 2.75) is 12.8 Å². The van der Waals surface area contributed by atoms with E-state index < -0.39 is 0 Å². The van der Waals surface area contributed by atoms with Crippen molar-refractivity contribution in [3.05, 3.63) is 100 Å². The SMILES string of the molecule is COc1ccc(CCc2ccc(F)cc2)cc1.O=c1cccc[nH]1. The van der Waals surface area contributed by atoms with Crippen molar-refractivity contribution in [1.29, 1.82) is 0 Å². The monoisotopic (exact) mass is 325 g/mol. The lowest BCUT2D eigenvalue weighted by Gasteiger charge is -2.04. The molecule has 24 heavy (non-hydrogen) atoms. The Kier molecular flexibility index (Phi) is 6.77. The number of ether oxygens (including phenoxy) is 1. The zero-order valence-corrected chi connectivity index (χ0v) is 13.5. The molecule has 3 aromatic rings. The van der Waals surface area contributed by atoms with Crippen LogP contribution in [0, 0.1) is 5.82 Å². The summed E-state index contributed by atoms with van der Waals surface area (Å²) in [5.41, 5.74) is 2.36. The van der Waals surface area contributed by atoms with Crippen LogP contribution in [0.15, 0.2) is 77.7 Å². The van der Waals surface area contributed by atoms with Crippen LogP contribution in [0.1, 0.15) is 11.1 Å². The number of pyridine rings is 1. The molecule has 0 bridgehead atoms. The molecule has 1 aromatic heterocycles. The van der Waals surface area contributed by atoms with E-state index in [9.17, 15) is 9.18 Å². The van der Waals surface area contributed by atoms with Gasteiger partial charge in [-0.15, -0.1) is 0 Å². The molecule has 0 aliphatic heterocycles. The molecule has 3 nitrogen and oxygen atoms in total. The van der Waals surface area contributed by atoms with Gasteiger partial charge in [-0.3, -0.25) is 4.79 Å². The largest absolute Gasteiger partial charge is 0.497 e. The van der Waals surface area contributed by atoms with Gasteiger partial charge in [-0.25, -0.2) is 4.39 Å². The predicted octanol–water partition coefficient (Wildman–Crippen LogP) is 3.99. The fourth-order valence-corrected chi connectivity index (χ4v) is 2.11. The highest BCUT2D eigenvalue weighted by atomic mass is 19.1. The predicted molar refractivity (Wildman–Crippen MR) is 93.9 cm³/mol. The smallest absolute Gasteiger partial charge is 0.247 e. The topological polar surface area (TPSA) is 42.1 Å². The van der Waals surface area contributed by atoms with Crippen LogP contribution in [0.5, 0.6) is 5.75 Å². The van der Waals surface area contributed by atoms with Crippen molar-refractivity contribution in [3.8, 4) is 5.75 Å². The summed E-state index contributed by atoms with van der Waals surface area (Å²) in [6.07, 6.45) is 3.48. The number of hydrogen-bond donors (Lipinski definition) is 1. The molecule has 3 rings (SSSR count). The van der Waals surface area contributed by atoms with Gasteiger partial charge in [0.1, 0.15) is 11.6 Å². The van der Waals surface area contributed by atoms with Crippen LogP contribution >= 0.6 is 0 Å². The number of halogens is 1. The third kappa shape index (κ3) is 6.08. The number of nitrogens with one attached hydrogen (secondary N) is 1. The molecule has 124 valence electrons. The van der Waals surface area contributed by atoms with E-state index in [0.717, 1.165) is 24.2 Å². The minimum absolute atomic E-state index is 0.0532. The van der Waals surface area contributed by atoms with Gasteiger partial charge in [-0.05, 0) is 54.3 Å². The summed E-state index contributed by atoms with van der Waals surface area (Å²) in [6, 6.07) is 19.6. The molecule has 0 unspecified atom stereocenters. The second-order valence-corrected chi connectivity index (χ2v) is 5.20. The lowest BCUT2D eigenvalue weighted by atomic mass is 10.0. The highest BCUT2D eigenvalue weighted by Gasteiger charge is 1.97. The molecule has 1 N–H and O–H groups in total. The van der Waals surface area contributed by atoms with Crippen molar-refractivity contribution in [2.24, 2.45) is 0 Å². The van der Waals surface area contributed by atoms with Gasteiger partial charge in [-0.2, -0.15) is 0 Å².